The van der Waals surface area contributed by atoms with Gasteiger partial charge in [0.2, 0.25) is 5.91 Å². The predicted molar refractivity (Wildman–Crippen MR) is 73.2 cm³/mol. The number of hydrogen-bond acceptors (Lipinski definition) is 3. The minimum atomic E-state index is -3.20. The van der Waals surface area contributed by atoms with Crippen LogP contribution in [0.15, 0.2) is 24.3 Å². The molecule has 1 aliphatic rings. The first-order valence-corrected chi connectivity index (χ1v) is 6.91. The zero-order valence-electron chi connectivity index (χ0n) is 11.8. The molecule has 0 unspecified atom stereocenters. The molecule has 22 heavy (non-hydrogen) atoms. The van der Waals surface area contributed by atoms with Crippen LogP contribution in [-0.2, 0) is 10.7 Å². The highest BCUT2D eigenvalue weighted by atomic mass is 19.3. The quantitative estimate of drug-likeness (QED) is 0.845. The van der Waals surface area contributed by atoms with Crippen molar-refractivity contribution >= 4 is 5.91 Å². The van der Waals surface area contributed by atoms with Crippen LogP contribution in [0.3, 0.4) is 0 Å². The van der Waals surface area contributed by atoms with Gasteiger partial charge in [-0.05, 0) is 31.4 Å². The summed E-state index contributed by atoms with van der Waals surface area (Å²) in [4.78, 5) is 11.8. The first kappa shape index (κ1) is 16.3. The number of rotatable bonds is 6. The second-order valence-corrected chi connectivity index (χ2v) is 5.54. The van der Waals surface area contributed by atoms with Crippen molar-refractivity contribution in [3.05, 3.63) is 35.6 Å². The van der Waals surface area contributed by atoms with E-state index in [9.17, 15) is 18.0 Å². The number of amides is 1. The second-order valence-electron chi connectivity index (χ2n) is 5.54. The van der Waals surface area contributed by atoms with Crippen molar-refractivity contribution in [2.45, 2.75) is 43.2 Å². The van der Waals surface area contributed by atoms with Crippen LogP contribution in [0.2, 0.25) is 0 Å². The molecule has 1 aromatic carbocycles. The Morgan fingerprint density at radius 2 is 2.00 bits per heavy atom. The number of nitriles is 1. The van der Waals surface area contributed by atoms with Gasteiger partial charge in [0.1, 0.15) is 11.4 Å². The van der Waals surface area contributed by atoms with Crippen molar-refractivity contribution in [1.29, 1.82) is 5.26 Å². The number of halogens is 3. The smallest absolute Gasteiger partial charge is 0.273 e. The van der Waals surface area contributed by atoms with Gasteiger partial charge in [0, 0.05) is 12.0 Å². The van der Waals surface area contributed by atoms with Gasteiger partial charge in [-0.3, -0.25) is 4.79 Å². The van der Waals surface area contributed by atoms with E-state index < -0.39 is 35.6 Å². The lowest BCUT2D eigenvalue weighted by Crippen LogP contribution is -2.46. The van der Waals surface area contributed by atoms with Crippen LogP contribution >= 0.6 is 0 Å². The third-order valence-electron chi connectivity index (χ3n) is 3.70. The van der Waals surface area contributed by atoms with Crippen LogP contribution in [0.1, 0.15) is 31.2 Å². The molecule has 0 heterocycles. The molecule has 0 spiro atoms. The number of nitrogens with two attached hydrogens (primary N) is 1. The number of hydrogen-bond donors (Lipinski definition) is 2. The molecule has 0 bridgehead atoms. The van der Waals surface area contributed by atoms with E-state index in [0.717, 1.165) is 24.3 Å². The molecule has 1 aliphatic carbocycles. The van der Waals surface area contributed by atoms with Crippen molar-refractivity contribution in [2.24, 2.45) is 5.73 Å². The van der Waals surface area contributed by atoms with E-state index >= 15 is 0 Å². The maximum Gasteiger partial charge on any atom is 0.273 e. The van der Waals surface area contributed by atoms with Crippen LogP contribution in [-0.4, -0.2) is 17.5 Å². The molecule has 4 nitrogen and oxygen atoms in total. The molecule has 1 aromatic rings. The summed E-state index contributed by atoms with van der Waals surface area (Å²) in [6.45, 7) is 0. The fraction of sp³-hybridized carbons (Fsp3) is 0.467. The zero-order chi connectivity index (χ0) is 16.4. The molecule has 1 atom stereocenters. The van der Waals surface area contributed by atoms with E-state index in [1.165, 1.54) is 0 Å². The van der Waals surface area contributed by atoms with E-state index in [1.54, 1.807) is 0 Å². The zero-order valence-corrected chi connectivity index (χ0v) is 11.8. The largest absolute Gasteiger partial charge is 0.336 e. The summed E-state index contributed by atoms with van der Waals surface area (Å²) in [5.41, 5.74) is 4.41. The number of carbonyl (C=O) groups is 1. The van der Waals surface area contributed by atoms with Crippen molar-refractivity contribution in [1.82, 2.24) is 5.32 Å². The Balaban J connectivity index is 1.89. The van der Waals surface area contributed by atoms with Gasteiger partial charge in [-0.1, -0.05) is 12.1 Å². The van der Waals surface area contributed by atoms with E-state index in [0.29, 0.717) is 12.8 Å². The minimum absolute atomic E-state index is 0.238. The topological polar surface area (TPSA) is 78.9 Å². The molecule has 3 N–H and O–H groups in total. The first-order valence-electron chi connectivity index (χ1n) is 6.91. The molecular formula is C15H16F3N3O. The van der Waals surface area contributed by atoms with Crippen LogP contribution in [0, 0.1) is 17.1 Å². The highest BCUT2D eigenvalue weighted by Crippen LogP contribution is 2.35. The van der Waals surface area contributed by atoms with Crippen LogP contribution in [0.5, 0.6) is 0 Å². The van der Waals surface area contributed by atoms with Gasteiger partial charge in [0.15, 0.2) is 0 Å². The maximum atomic E-state index is 14.0. The van der Waals surface area contributed by atoms with Gasteiger partial charge in [0.25, 0.3) is 5.92 Å². The number of nitrogens with zero attached hydrogens (tertiary/aromatic N) is 1. The third-order valence-corrected chi connectivity index (χ3v) is 3.70. The number of alkyl halides is 2. The predicted octanol–water partition coefficient (Wildman–Crippen LogP) is 2.20. The lowest BCUT2D eigenvalue weighted by molar-refractivity contribution is -0.123. The Hall–Kier alpha value is -2.07. The molecule has 0 saturated heterocycles. The molecule has 7 heteroatoms. The van der Waals surface area contributed by atoms with Crippen molar-refractivity contribution in [2.75, 3.05) is 0 Å². The molecular weight excluding hydrogens is 295 g/mol. The summed E-state index contributed by atoms with van der Waals surface area (Å²) in [5.74, 6) is -4.39. The Kier molecular flexibility index (Phi) is 4.42. The van der Waals surface area contributed by atoms with Crippen LogP contribution in [0.25, 0.3) is 0 Å². The average molecular weight is 311 g/mol. The third kappa shape index (κ3) is 3.77. The van der Waals surface area contributed by atoms with Crippen molar-refractivity contribution < 1.29 is 18.0 Å². The molecule has 2 rings (SSSR count). The summed E-state index contributed by atoms with van der Waals surface area (Å²) in [6.07, 6.45) is 0.228. The molecule has 1 saturated carbocycles. The van der Waals surface area contributed by atoms with E-state index in [1.807, 2.05) is 6.07 Å². The summed E-state index contributed by atoms with van der Waals surface area (Å²) in [7, 11) is 0. The fourth-order valence-electron chi connectivity index (χ4n) is 2.02. The average Bonchev–Trinajstić information content (AvgIpc) is 3.25. The van der Waals surface area contributed by atoms with Gasteiger partial charge in [-0.15, -0.1) is 0 Å². The number of nitrogens with one attached hydrogen (secondary N) is 1. The molecule has 1 amide bonds. The molecule has 0 radical (unpaired) electrons. The normalized spacial score (nSPS) is 17.4. The summed E-state index contributed by atoms with van der Waals surface area (Å²) >= 11 is 0. The number of benzene rings is 1. The van der Waals surface area contributed by atoms with E-state index in [4.69, 9.17) is 11.0 Å². The maximum absolute atomic E-state index is 14.0. The molecule has 1 fully saturated rings. The lowest BCUT2D eigenvalue weighted by Gasteiger charge is -2.20. The van der Waals surface area contributed by atoms with Gasteiger partial charge in [-0.2, -0.15) is 5.26 Å². The molecule has 118 valence electrons. The highest BCUT2D eigenvalue weighted by Gasteiger charge is 2.45. The van der Waals surface area contributed by atoms with Gasteiger partial charge in [0.05, 0.1) is 12.1 Å². The second kappa shape index (κ2) is 5.97. The SMILES string of the molecule is N#CC1(NC(=O)[C@@H](N)CCC(F)(F)c2ccc(F)cc2)CC1. The van der Waals surface area contributed by atoms with Crippen molar-refractivity contribution in [3.63, 3.8) is 0 Å². The van der Waals surface area contributed by atoms with E-state index in [-0.39, 0.29) is 12.0 Å². The van der Waals surface area contributed by atoms with Crippen molar-refractivity contribution in [3.8, 4) is 6.07 Å². The van der Waals surface area contributed by atoms with Gasteiger partial charge >= 0.3 is 0 Å². The first-order chi connectivity index (χ1) is 10.3. The summed E-state index contributed by atoms with van der Waals surface area (Å²) in [5, 5.41) is 11.3. The Morgan fingerprint density at radius 3 is 2.50 bits per heavy atom. The Bertz CT molecular complexity index is 591. The van der Waals surface area contributed by atoms with E-state index in [2.05, 4.69) is 5.32 Å². The summed E-state index contributed by atoms with van der Waals surface area (Å²) in [6, 6.07) is 4.79. The van der Waals surface area contributed by atoms with Crippen LogP contribution < -0.4 is 11.1 Å². The minimum Gasteiger partial charge on any atom is -0.336 e. The Labute approximate surface area is 126 Å². The lowest BCUT2D eigenvalue weighted by atomic mass is 10.0. The monoisotopic (exact) mass is 311 g/mol. The highest BCUT2D eigenvalue weighted by molar-refractivity contribution is 5.83. The molecule has 0 aliphatic heterocycles. The summed E-state index contributed by atoms with van der Waals surface area (Å²) < 4.78 is 40.7. The number of carbonyl (C=O) groups excluding carboxylic acids is 1. The fourth-order valence-corrected chi connectivity index (χ4v) is 2.02. The van der Waals surface area contributed by atoms with Gasteiger partial charge < -0.3 is 11.1 Å². The standard InChI is InChI=1S/C15H16F3N3O/c16-11-3-1-10(2-4-11)15(17,18)6-5-12(20)13(22)21-14(9-19)7-8-14/h1-4,12H,5-8,20H2,(H,21,22)/t12-/m0/s1. The van der Waals surface area contributed by atoms with Crippen LogP contribution in [0.4, 0.5) is 13.2 Å². The van der Waals surface area contributed by atoms with Gasteiger partial charge in [-0.25, -0.2) is 13.2 Å². The Morgan fingerprint density at radius 1 is 1.41 bits per heavy atom. The molecule has 0 aromatic heterocycles.